The molecule has 0 spiro atoms. The fourth-order valence-electron chi connectivity index (χ4n) is 4.01. The fourth-order valence-corrected chi connectivity index (χ4v) is 4.01. The quantitative estimate of drug-likeness (QED) is 0.609. The van der Waals surface area contributed by atoms with Gasteiger partial charge in [0.05, 0.1) is 13.0 Å². The summed E-state index contributed by atoms with van der Waals surface area (Å²) in [6, 6.07) is 0.696. The molecule has 3 heterocycles. The summed E-state index contributed by atoms with van der Waals surface area (Å²) in [5, 5.41) is 0. The van der Waals surface area contributed by atoms with Crippen LogP contribution in [0.4, 0.5) is 0 Å². The van der Waals surface area contributed by atoms with Gasteiger partial charge in [0.15, 0.2) is 0 Å². The predicted octanol–water partition coefficient (Wildman–Crippen LogP) is 1.28. The Kier molecular flexibility index (Phi) is 2.23. The van der Waals surface area contributed by atoms with E-state index in [1.165, 1.54) is 33.0 Å². The first kappa shape index (κ1) is 9.64. The van der Waals surface area contributed by atoms with E-state index in [1.54, 1.807) is 0 Å². The minimum atomic E-state index is 0.0185. The van der Waals surface area contributed by atoms with Gasteiger partial charge in [-0.1, -0.05) is 0 Å². The molecule has 4 aliphatic rings. The highest BCUT2D eigenvalue weighted by Crippen LogP contribution is 2.47. The van der Waals surface area contributed by atoms with Crippen LogP contribution >= 0.6 is 0 Å². The molecular weight excluding hydrogens is 190 g/mol. The molecule has 84 valence electrons. The molecule has 0 amide bonds. The molecule has 0 N–H and O–H groups in total. The third kappa shape index (κ3) is 1.40. The smallest absolute Gasteiger partial charge is 0.308 e. The predicted molar refractivity (Wildman–Crippen MR) is 56.3 cm³/mol. The van der Waals surface area contributed by atoms with Crippen LogP contribution in [0.5, 0.6) is 0 Å². The number of hydrogen-bond donors (Lipinski definition) is 0. The van der Waals surface area contributed by atoms with Crippen molar-refractivity contribution in [3.8, 4) is 0 Å². The second-order valence-corrected chi connectivity index (χ2v) is 5.30. The van der Waals surface area contributed by atoms with Gasteiger partial charge >= 0.3 is 5.97 Å². The van der Waals surface area contributed by atoms with E-state index < -0.39 is 0 Å². The molecule has 3 nitrogen and oxygen atoms in total. The Hall–Kier alpha value is -0.570. The lowest BCUT2D eigenvalue weighted by Crippen LogP contribution is -2.52. The molecule has 1 aliphatic carbocycles. The lowest BCUT2D eigenvalue weighted by molar-refractivity contribution is -0.145. The molecule has 1 saturated carbocycles. The molecule has 15 heavy (non-hydrogen) atoms. The van der Waals surface area contributed by atoms with Gasteiger partial charge in [-0.15, -0.1) is 0 Å². The molecule has 4 rings (SSSR count). The number of methoxy groups -OCH3 is 1. The van der Waals surface area contributed by atoms with Crippen LogP contribution in [0.3, 0.4) is 0 Å². The third-order valence-electron chi connectivity index (χ3n) is 4.76. The Bertz CT molecular complexity index is 251. The number of carbonyl (C=O) groups is 1. The molecule has 0 aromatic carbocycles. The molecule has 0 aromatic rings. The SMILES string of the molecule is COC(=O)C1CC2C3CCN(CC3)C2C1. The van der Waals surface area contributed by atoms with Gasteiger partial charge in [0, 0.05) is 6.04 Å². The summed E-state index contributed by atoms with van der Waals surface area (Å²) in [5.74, 6) is 1.89. The molecule has 3 heteroatoms. The monoisotopic (exact) mass is 209 g/mol. The number of nitrogens with zero attached hydrogens (tertiary/aromatic N) is 1. The van der Waals surface area contributed by atoms with Crippen molar-refractivity contribution in [1.29, 1.82) is 0 Å². The zero-order chi connectivity index (χ0) is 10.4. The zero-order valence-electron chi connectivity index (χ0n) is 9.32. The first-order valence-electron chi connectivity index (χ1n) is 6.11. The Morgan fingerprint density at radius 1 is 1.27 bits per heavy atom. The van der Waals surface area contributed by atoms with E-state index in [-0.39, 0.29) is 11.9 Å². The summed E-state index contributed by atoms with van der Waals surface area (Å²) in [5.41, 5.74) is 0. The van der Waals surface area contributed by atoms with Gasteiger partial charge in [0.1, 0.15) is 0 Å². The highest BCUT2D eigenvalue weighted by Gasteiger charge is 2.49. The number of hydrogen-bond acceptors (Lipinski definition) is 3. The number of rotatable bonds is 1. The largest absolute Gasteiger partial charge is 0.469 e. The van der Waals surface area contributed by atoms with Gasteiger partial charge in [-0.25, -0.2) is 0 Å². The summed E-state index contributed by atoms with van der Waals surface area (Å²) in [7, 11) is 1.51. The van der Waals surface area contributed by atoms with E-state index in [2.05, 4.69) is 4.90 Å². The fraction of sp³-hybridized carbons (Fsp3) is 0.917. The maximum Gasteiger partial charge on any atom is 0.308 e. The summed E-state index contributed by atoms with van der Waals surface area (Å²) in [4.78, 5) is 14.2. The van der Waals surface area contributed by atoms with E-state index in [0.29, 0.717) is 6.04 Å². The van der Waals surface area contributed by atoms with Crippen LogP contribution in [0.15, 0.2) is 0 Å². The minimum Gasteiger partial charge on any atom is -0.469 e. The standard InChI is InChI=1S/C12H19NO2/c1-15-12(14)9-6-10-8-2-4-13(5-3-8)11(10)7-9/h8-11H,2-7H2,1H3. The van der Waals surface area contributed by atoms with Gasteiger partial charge in [-0.3, -0.25) is 4.79 Å². The van der Waals surface area contributed by atoms with Crippen LogP contribution < -0.4 is 0 Å². The summed E-state index contributed by atoms with van der Waals surface area (Å²) < 4.78 is 4.87. The molecule has 0 radical (unpaired) electrons. The maximum atomic E-state index is 11.6. The van der Waals surface area contributed by atoms with Crippen LogP contribution in [0.25, 0.3) is 0 Å². The Labute approximate surface area is 90.8 Å². The second-order valence-electron chi connectivity index (χ2n) is 5.30. The average Bonchev–Trinajstić information content (AvgIpc) is 2.76. The van der Waals surface area contributed by atoms with Crippen LogP contribution in [0.1, 0.15) is 25.7 Å². The van der Waals surface area contributed by atoms with Crippen LogP contribution in [-0.2, 0) is 9.53 Å². The molecule has 0 aromatic heterocycles. The zero-order valence-corrected chi connectivity index (χ0v) is 9.32. The van der Waals surface area contributed by atoms with Crippen molar-refractivity contribution in [2.24, 2.45) is 17.8 Å². The number of esters is 1. The van der Waals surface area contributed by atoms with E-state index in [9.17, 15) is 4.79 Å². The van der Waals surface area contributed by atoms with E-state index in [0.717, 1.165) is 24.7 Å². The number of carbonyl (C=O) groups excluding carboxylic acids is 1. The van der Waals surface area contributed by atoms with Gasteiger partial charge < -0.3 is 9.64 Å². The number of ether oxygens (including phenoxy) is 1. The molecule has 2 bridgehead atoms. The van der Waals surface area contributed by atoms with E-state index in [1.807, 2.05) is 0 Å². The van der Waals surface area contributed by atoms with Crippen molar-refractivity contribution >= 4 is 5.97 Å². The molecule has 3 unspecified atom stereocenters. The maximum absolute atomic E-state index is 11.6. The van der Waals surface area contributed by atoms with Gasteiger partial charge in [-0.05, 0) is 50.6 Å². The lowest BCUT2D eigenvalue weighted by atomic mass is 9.75. The Balaban J connectivity index is 1.76. The third-order valence-corrected chi connectivity index (χ3v) is 4.76. The van der Waals surface area contributed by atoms with Crippen molar-refractivity contribution in [2.75, 3.05) is 20.2 Å². The first-order chi connectivity index (χ1) is 7.29. The van der Waals surface area contributed by atoms with Crippen LogP contribution in [-0.4, -0.2) is 37.1 Å². The normalized spacial score (nSPS) is 47.7. The Morgan fingerprint density at radius 2 is 2.00 bits per heavy atom. The van der Waals surface area contributed by atoms with Gasteiger partial charge in [-0.2, -0.15) is 0 Å². The number of piperidine rings is 3. The lowest BCUT2D eigenvalue weighted by Gasteiger charge is -2.48. The van der Waals surface area contributed by atoms with Crippen LogP contribution in [0.2, 0.25) is 0 Å². The summed E-state index contributed by atoms with van der Waals surface area (Å²) in [6.45, 7) is 2.53. The average molecular weight is 209 g/mol. The summed E-state index contributed by atoms with van der Waals surface area (Å²) in [6.07, 6.45) is 4.84. The molecule has 3 aliphatic heterocycles. The van der Waals surface area contributed by atoms with Crippen LogP contribution in [0, 0.1) is 17.8 Å². The van der Waals surface area contributed by atoms with E-state index in [4.69, 9.17) is 4.74 Å². The van der Waals surface area contributed by atoms with Gasteiger partial charge in [0.25, 0.3) is 0 Å². The van der Waals surface area contributed by atoms with E-state index >= 15 is 0 Å². The topological polar surface area (TPSA) is 29.5 Å². The Morgan fingerprint density at radius 3 is 2.60 bits per heavy atom. The number of fused-ring (bicyclic) bond motifs is 2. The molecule has 3 atom stereocenters. The van der Waals surface area contributed by atoms with Crippen molar-refractivity contribution in [3.63, 3.8) is 0 Å². The molecule has 4 fully saturated rings. The van der Waals surface area contributed by atoms with Gasteiger partial charge in [0.2, 0.25) is 0 Å². The molecule has 3 saturated heterocycles. The molecular formula is C12H19NO2. The first-order valence-corrected chi connectivity index (χ1v) is 6.11. The minimum absolute atomic E-state index is 0.0185. The van der Waals surface area contributed by atoms with Crippen molar-refractivity contribution in [3.05, 3.63) is 0 Å². The van der Waals surface area contributed by atoms with Crippen molar-refractivity contribution in [1.82, 2.24) is 4.90 Å². The second kappa shape index (κ2) is 3.48. The summed E-state index contributed by atoms with van der Waals surface area (Å²) >= 11 is 0. The highest BCUT2D eigenvalue weighted by molar-refractivity contribution is 5.72. The van der Waals surface area contributed by atoms with Crippen molar-refractivity contribution in [2.45, 2.75) is 31.7 Å². The van der Waals surface area contributed by atoms with Crippen molar-refractivity contribution < 1.29 is 9.53 Å². The highest BCUT2D eigenvalue weighted by atomic mass is 16.5.